The van der Waals surface area contributed by atoms with Crippen LogP contribution in [0.15, 0.2) is 43.0 Å². The summed E-state index contributed by atoms with van der Waals surface area (Å²) in [6, 6.07) is 5.59. The van der Waals surface area contributed by atoms with Crippen LogP contribution in [0.5, 0.6) is 0 Å². The number of carbonyl (C=O) groups is 1. The standard InChI is InChI=1S/C24H26ClN7O/c1-14-16-8-18(9-16)31(22(14)12-28-23-13-26-20(11-27-23)15-2-3-15)24(33)19-10-17(25)4-5-21(19)32-29-6-7-30-32/h4-7,10-11,13-16,18,22H,2-3,8-9,12H2,1H3,(H,27,28). The SMILES string of the molecule is CC1C2CC(C2)N(C(=O)c2cc(Cl)ccc2-n2nccn2)C1CNc1cnc(C2CC2)cn1. The van der Waals surface area contributed by atoms with Gasteiger partial charge in [0.05, 0.1) is 47.8 Å². The van der Waals surface area contributed by atoms with Crippen molar-refractivity contribution < 1.29 is 4.79 Å². The van der Waals surface area contributed by atoms with Crippen LogP contribution in [0.3, 0.4) is 0 Å². The third-order valence-electron chi connectivity index (χ3n) is 7.47. The van der Waals surface area contributed by atoms with E-state index in [1.54, 1.807) is 30.6 Å². The molecule has 2 saturated carbocycles. The van der Waals surface area contributed by atoms with Crippen molar-refractivity contribution in [3.8, 4) is 5.69 Å². The monoisotopic (exact) mass is 463 g/mol. The zero-order valence-electron chi connectivity index (χ0n) is 18.4. The van der Waals surface area contributed by atoms with Crippen molar-refractivity contribution in [3.63, 3.8) is 0 Å². The first-order chi connectivity index (χ1) is 16.1. The zero-order valence-corrected chi connectivity index (χ0v) is 19.2. The molecule has 170 valence electrons. The Morgan fingerprint density at radius 2 is 1.94 bits per heavy atom. The van der Waals surface area contributed by atoms with Gasteiger partial charge in [0, 0.05) is 23.5 Å². The molecule has 7 rings (SSSR count). The minimum atomic E-state index is -0.0261. The molecule has 1 N–H and O–H groups in total. The number of piperidine rings is 2. The molecule has 0 spiro atoms. The van der Waals surface area contributed by atoms with Crippen molar-refractivity contribution in [1.82, 2.24) is 29.9 Å². The van der Waals surface area contributed by atoms with Crippen LogP contribution in [0.2, 0.25) is 5.02 Å². The fraction of sp³-hybridized carbons (Fsp3) is 0.458. The van der Waals surface area contributed by atoms with Gasteiger partial charge in [0.25, 0.3) is 5.91 Å². The number of carbonyl (C=O) groups excluding carboxylic acids is 1. The van der Waals surface area contributed by atoms with Gasteiger partial charge in [-0.15, -0.1) is 0 Å². The van der Waals surface area contributed by atoms with Crippen LogP contribution in [0.1, 0.15) is 54.6 Å². The zero-order chi connectivity index (χ0) is 22.5. The summed E-state index contributed by atoms with van der Waals surface area (Å²) in [6.07, 6.45) is 11.4. The van der Waals surface area contributed by atoms with E-state index in [0.29, 0.717) is 40.6 Å². The van der Waals surface area contributed by atoms with Crippen molar-refractivity contribution in [2.75, 3.05) is 11.9 Å². The average molecular weight is 464 g/mol. The average Bonchev–Trinajstić information content (AvgIpc) is 3.51. The summed E-state index contributed by atoms with van der Waals surface area (Å²) in [5, 5.41) is 12.4. The number of fused-ring (bicyclic) bond motifs is 2. The van der Waals surface area contributed by atoms with Gasteiger partial charge in [0.1, 0.15) is 5.82 Å². The maximum atomic E-state index is 13.9. The van der Waals surface area contributed by atoms with Crippen LogP contribution >= 0.6 is 11.6 Å². The highest BCUT2D eigenvalue weighted by atomic mass is 35.5. The first-order valence-corrected chi connectivity index (χ1v) is 12.0. The second-order valence-corrected chi connectivity index (χ2v) is 9.92. The second-order valence-electron chi connectivity index (χ2n) is 9.49. The molecule has 0 radical (unpaired) electrons. The Morgan fingerprint density at radius 3 is 2.64 bits per heavy atom. The molecule has 2 saturated heterocycles. The number of nitrogens with one attached hydrogen (secondary N) is 1. The summed E-state index contributed by atoms with van der Waals surface area (Å²) >= 11 is 6.30. The highest BCUT2D eigenvalue weighted by Gasteiger charge is 2.50. The quantitative estimate of drug-likeness (QED) is 0.595. The van der Waals surface area contributed by atoms with Crippen LogP contribution in [0, 0.1) is 11.8 Å². The molecule has 2 atom stereocenters. The second kappa shape index (κ2) is 8.09. The molecule has 4 fully saturated rings. The Labute approximate surface area is 197 Å². The molecule has 2 aliphatic heterocycles. The first-order valence-electron chi connectivity index (χ1n) is 11.6. The molecule has 8 nitrogen and oxygen atoms in total. The molecule has 2 bridgehead atoms. The third kappa shape index (κ3) is 3.76. The third-order valence-corrected chi connectivity index (χ3v) is 7.70. The summed E-state index contributed by atoms with van der Waals surface area (Å²) in [7, 11) is 0. The largest absolute Gasteiger partial charge is 0.367 e. The van der Waals surface area contributed by atoms with E-state index in [2.05, 4.69) is 37.3 Å². The topological polar surface area (TPSA) is 88.8 Å². The minimum Gasteiger partial charge on any atom is -0.367 e. The van der Waals surface area contributed by atoms with E-state index >= 15 is 0 Å². The lowest BCUT2D eigenvalue weighted by Gasteiger charge is -2.57. The Balaban J connectivity index is 1.26. The molecule has 3 aromatic rings. The summed E-state index contributed by atoms with van der Waals surface area (Å²) in [5.74, 6) is 2.35. The van der Waals surface area contributed by atoms with Crippen molar-refractivity contribution in [1.29, 1.82) is 0 Å². The van der Waals surface area contributed by atoms with Gasteiger partial charge in [-0.05, 0) is 55.7 Å². The van der Waals surface area contributed by atoms with Crippen LogP contribution < -0.4 is 5.32 Å². The minimum absolute atomic E-state index is 0.0261. The van der Waals surface area contributed by atoms with E-state index in [1.165, 1.54) is 17.6 Å². The Morgan fingerprint density at radius 1 is 1.15 bits per heavy atom. The van der Waals surface area contributed by atoms with Crippen LogP contribution in [0.4, 0.5) is 5.82 Å². The van der Waals surface area contributed by atoms with Crippen LogP contribution in [-0.2, 0) is 0 Å². The molecule has 4 heterocycles. The number of anilines is 1. The lowest BCUT2D eigenvalue weighted by atomic mass is 9.64. The Kier molecular flexibility index (Phi) is 5.05. The van der Waals surface area contributed by atoms with Gasteiger partial charge in [-0.25, -0.2) is 4.98 Å². The molecular formula is C24H26ClN7O. The molecule has 4 aliphatic rings. The highest BCUT2D eigenvalue weighted by Crippen LogP contribution is 2.47. The van der Waals surface area contributed by atoms with Gasteiger partial charge >= 0.3 is 0 Å². The number of rotatable bonds is 6. The van der Waals surface area contributed by atoms with E-state index in [-0.39, 0.29) is 18.0 Å². The van der Waals surface area contributed by atoms with Crippen LogP contribution in [0.25, 0.3) is 5.69 Å². The highest BCUT2D eigenvalue weighted by molar-refractivity contribution is 6.31. The Bertz CT molecular complexity index is 1160. The summed E-state index contributed by atoms with van der Waals surface area (Å²) in [6.45, 7) is 2.88. The normalized spacial score (nSPS) is 26.1. The number of hydrogen-bond donors (Lipinski definition) is 1. The molecule has 2 aliphatic carbocycles. The molecule has 1 aromatic carbocycles. The number of benzene rings is 1. The lowest BCUT2D eigenvalue weighted by Crippen LogP contribution is -2.64. The smallest absolute Gasteiger partial charge is 0.256 e. The molecule has 2 unspecified atom stereocenters. The van der Waals surface area contributed by atoms with Crippen molar-refractivity contribution in [2.45, 2.75) is 50.6 Å². The molecule has 2 aromatic heterocycles. The fourth-order valence-electron chi connectivity index (χ4n) is 5.29. The number of aromatic nitrogens is 5. The molecule has 9 heteroatoms. The maximum absolute atomic E-state index is 13.9. The molecule has 1 amide bonds. The van der Waals surface area contributed by atoms with E-state index in [0.717, 1.165) is 24.4 Å². The summed E-state index contributed by atoms with van der Waals surface area (Å²) in [4.78, 5) is 26.6. The van der Waals surface area contributed by atoms with Gasteiger partial charge in [0.15, 0.2) is 0 Å². The van der Waals surface area contributed by atoms with Crippen molar-refractivity contribution >= 4 is 23.3 Å². The van der Waals surface area contributed by atoms with Gasteiger partial charge in [-0.2, -0.15) is 15.0 Å². The van der Waals surface area contributed by atoms with Gasteiger partial charge in [-0.1, -0.05) is 18.5 Å². The van der Waals surface area contributed by atoms with Crippen molar-refractivity contribution in [2.24, 2.45) is 11.8 Å². The number of halogens is 1. The van der Waals surface area contributed by atoms with Crippen molar-refractivity contribution in [3.05, 3.63) is 59.3 Å². The van der Waals surface area contributed by atoms with Gasteiger partial charge in [-0.3, -0.25) is 9.78 Å². The lowest BCUT2D eigenvalue weighted by molar-refractivity contribution is -0.0502. The van der Waals surface area contributed by atoms with E-state index < -0.39 is 0 Å². The predicted molar refractivity (Wildman–Crippen MR) is 124 cm³/mol. The predicted octanol–water partition coefficient (Wildman–Crippen LogP) is 3.94. The summed E-state index contributed by atoms with van der Waals surface area (Å²) < 4.78 is 0. The maximum Gasteiger partial charge on any atom is 0.256 e. The Hall–Kier alpha value is -3.00. The number of nitrogens with zero attached hydrogens (tertiary/aromatic N) is 6. The van der Waals surface area contributed by atoms with E-state index in [9.17, 15) is 4.79 Å². The van der Waals surface area contributed by atoms with E-state index in [4.69, 9.17) is 11.6 Å². The first kappa shape index (κ1) is 20.6. The summed E-state index contributed by atoms with van der Waals surface area (Å²) in [5.41, 5.74) is 2.23. The fourth-order valence-corrected chi connectivity index (χ4v) is 5.46. The number of hydrogen-bond acceptors (Lipinski definition) is 6. The molecular weight excluding hydrogens is 438 g/mol. The van der Waals surface area contributed by atoms with Gasteiger partial charge in [0.2, 0.25) is 0 Å². The number of amides is 1. The molecule has 33 heavy (non-hydrogen) atoms. The van der Waals surface area contributed by atoms with Gasteiger partial charge < -0.3 is 10.2 Å². The van der Waals surface area contributed by atoms with E-state index in [1.807, 2.05) is 12.4 Å². The van der Waals surface area contributed by atoms with Crippen LogP contribution in [-0.4, -0.2) is 54.4 Å².